The van der Waals surface area contributed by atoms with E-state index in [0.717, 1.165) is 6.08 Å². The van der Waals surface area contributed by atoms with Crippen molar-refractivity contribution < 1.29 is 24.2 Å². The van der Waals surface area contributed by atoms with E-state index in [1.165, 1.54) is 18.2 Å². The van der Waals surface area contributed by atoms with Crippen LogP contribution in [-0.2, 0) is 9.53 Å². The summed E-state index contributed by atoms with van der Waals surface area (Å²) in [5.74, 6) is -0.939. The summed E-state index contributed by atoms with van der Waals surface area (Å²) >= 11 is 0. The van der Waals surface area contributed by atoms with Gasteiger partial charge in [0.2, 0.25) is 0 Å². The Balaban J connectivity index is 2.62. The van der Waals surface area contributed by atoms with Crippen molar-refractivity contribution in [1.29, 1.82) is 0 Å². The minimum Gasteiger partial charge on any atom is -0.545 e. The van der Waals surface area contributed by atoms with Crippen LogP contribution in [0.2, 0.25) is 0 Å². The number of carbonyl (C=O) groups is 2. The van der Waals surface area contributed by atoms with Crippen LogP contribution < -0.4 is 9.84 Å². The summed E-state index contributed by atoms with van der Waals surface area (Å²) in [6.45, 7) is 1.92. The molecular formula is C12H11O5-. The first-order valence-electron chi connectivity index (χ1n) is 4.95. The summed E-state index contributed by atoms with van der Waals surface area (Å²) in [6.07, 6.45) is 1.52. The fraction of sp³-hybridized carbons (Fsp3) is 0.167. The smallest absolute Gasteiger partial charge is 0.513 e. The van der Waals surface area contributed by atoms with Gasteiger partial charge in [0.25, 0.3) is 0 Å². The molecule has 1 rings (SSSR count). The molecule has 5 heteroatoms. The van der Waals surface area contributed by atoms with Crippen molar-refractivity contribution in [2.24, 2.45) is 0 Å². The van der Waals surface area contributed by atoms with Crippen LogP contribution in [0.3, 0.4) is 0 Å². The quantitative estimate of drug-likeness (QED) is 0.442. The van der Waals surface area contributed by atoms with E-state index in [4.69, 9.17) is 4.74 Å². The lowest BCUT2D eigenvalue weighted by atomic mass is 10.2. The van der Waals surface area contributed by atoms with Crippen molar-refractivity contribution >= 4 is 18.2 Å². The van der Waals surface area contributed by atoms with Crippen LogP contribution in [-0.4, -0.2) is 18.7 Å². The number of hydrogen-bond donors (Lipinski definition) is 0. The largest absolute Gasteiger partial charge is 0.545 e. The van der Waals surface area contributed by atoms with Crippen LogP contribution in [0.1, 0.15) is 12.5 Å². The number of carboxylic acid groups (broad SMARTS) is 1. The zero-order chi connectivity index (χ0) is 12.7. The van der Waals surface area contributed by atoms with E-state index in [-0.39, 0.29) is 6.61 Å². The summed E-state index contributed by atoms with van der Waals surface area (Å²) < 4.78 is 9.42. The molecule has 0 aliphatic carbocycles. The third-order valence-corrected chi connectivity index (χ3v) is 1.76. The number of carboxylic acids is 1. The molecule has 17 heavy (non-hydrogen) atoms. The highest BCUT2D eigenvalue weighted by Crippen LogP contribution is 2.13. The monoisotopic (exact) mass is 235 g/mol. The van der Waals surface area contributed by atoms with Gasteiger partial charge in [-0.2, -0.15) is 0 Å². The summed E-state index contributed by atoms with van der Waals surface area (Å²) in [7, 11) is 0. The van der Waals surface area contributed by atoms with Crippen LogP contribution >= 0.6 is 0 Å². The van der Waals surface area contributed by atoms with E-state index >= 15 is 0 Å². The van der Waals surface area contributed by atoms with Crippen molar-refractivity contribution in [3.63, 3.8) is 0 Å². The standard InChI is InChI=1S/C12H12O5/c1-2-16-12(15)17-10-6-3-9(4-7-10)5-8-11(13)14/h3-8H,2H2,1H3,(H,13,14)/p-1/b8-5+. The van der Waals surface area contributed by atoms with Gasteiger partial charge in [0.15, 0.2) is 0 Å². The molecule has 0 saturated carbocycles. The Morgan fingerprint density at radius 2 is 1.94 bits per heavy atom. The Morgan fingerprint density at radius 3 is 2.47 bits per heavy atom. The predicted molar refractivity (Wildman–Crippen MR) is 58.1 cm³/mol. The normalized spacial score (nSPS) is 10.2. The second kappa shape index (κ2) is 6.32. The van der Waals surface area contributed by atoms with E-state index in [0.29, 0.717) is 11.3 Å². The molecule has 0 saturated heterocycles. The molecule has 90 valence electrons. The van der Waals surface area contributed by atoms with Crippen LogP contribution in [0, 0.1) is 0 Å². The fourth-order valence-electron chi connectivity index (χ4n) is 1.05. The van der Waals surface area contributed by atoms with E-state index in [9.17, 15) is 14.7 Å². The fourth-order valence-corrected chi connectivity index (χ4v) is 1.05. The highest BCUT2D eigenvalue weighted by atomic mass is 16.7. The summed E-state index contributed by atoms with van der Waals surface area (Å²) in [5.41, 5.74) is 0.658. The molecule has 0 spiro atoms. The van der Waals surface area contributed by atoms with Gasteiger partial charge in [-0.05, 0) is 30.7 Å². The predicted octanol–water partition coefficient (Wildman–Crippen LogP) is 0.985. The molecule has 1 aromatic rings. The van der Waals surface area contributed by atoms with Crippen LogP contribution in [0.4, 0.5) is 4.79 Å². The van der Waals surface area contributed by atoms with Gasteiger partial charge in [-0.3, -0.25) is 0 Å². The van der Waals surface area contributed by atoms with Crippen molar-refractivity contribution in [2.75, 3.05) is 6.61 Å². The Labute approximate surface area is 98.3 Å². The summed E-state index contributed by atoms with van der Waals surface area (Å²) in [4.78, 5) is 21.1. The maximum atomic E-state index is 11.0. The lowest BCUT2D eigenvalue weighted by Crippen LogP contribution is -2.18. The molecule has 0 aliphatic rings. The molecule has 0 unspecified atom stereocenters. The zero-order valence-electron chi connectivity index (χ0n) is 9.21. The Morgan fingerprint density at radius 1 is 1.29 bits per heavy atom. The highest BCUT2D eigenvalue weighted by Gasteiger charge is 2.03. The van der Waals surface area contributed by atoms with E-state index in [1.54, 1.807) is 19.1 Å². The summed E-state index contributed by atoms with van der Waals surface area (Å²) in [6, 6.07) is 6.28. The maximum Gasteiger partial charge on any atom is 0.513 e. The van der Waals surface area contributed by atoms with Crippen LogP contribution in [0.25, 0.3) is 6.08 Å². The van der Waals surface area contributed by atoms with Gasteiger partial charge in [-0.25, -0.2) is 4.79 Å². The van der Waals surface area contributed by atoms with Crippen LogP contribution in [0.15, 0.2) is 30.3 Å². The molecule has 0 bridgehead atoms. The number of benzene rings is 1. The first kappa shape index (κ1) is 12.8. The number of hydrogen-bond acceptors (Lipinski definition) is 5. The number of aliphatic carboxylic acids is 1. The Bertz CT molecular complexity index is 419. The average molecular weight is 235 g/mol. The van der Waals surface area contributed by atoms with Crippen molar-refractivity contribution in [2.45, 2.75) is 6.92 Å². The van der Waals surface area contributed by atoms with Gasteiger partial charge in [-0.1, -0.05) is 18.2 Å². The van der Waals surface area contributed by atoms with E-state index < -0.39 is 12.1 Å². The minimum absolute atomic E-state index is 0.241. The Hall–Kier alpha value is -2.30. The van der Waals surface area contributed by atoms with E-state index in [2.05, 4.69) is 4.74 Å². The molecule has 0 aromatic heterocycles. The average Bonchev–Trinajstić information content (AvgIpc) is 2.28. The summed E-state index contributed by atoms with van der Waals surface area (Å²) in [5, 5.41) is 10.2. The van der Waals surface area contributed by atoms with Crippen molar-refractivity contribution in [3.05, 3.63) is 35.9 Å². The molecule has 0 heterocycles. The third kappa shape index (κ3) is 4.83. The molecule has 0 atom stereocenters. The molecule has 0 N–H and O–H groups in total. The van der Waals surface area contributed by atoms with E-state index in [1.807, 2.05) is 0 Å². The second-order valence-corrected chi connectivity index (χ2v) is 3.01. The van der Waals surface area contributed by atoms with Gasteiger partial charge in [0.05, 0.1) is 12.6 Å². The SMILES string of the molecule is CCOC(=O)Oc1ccc(/C=C/C(=O)[O-])cc1. The first-order valence-corrected chi connectivity index (χ1v) is 4.95. The first-order chi connectivity index (χ1) is 8.11. The molecule has 5 nitrogen and oxygen atoms in total. The van der Waals surface area contributed by atoms with Gasteiger partial charge in [-0.15, -0.1) is 0 Å². The molecule has 0 aliphatic heterocycles. The zero-order valence-corrected chi connectivity index (χ0v) is 9.21. The minimum atomic E-state index is -1.27. The number of carbonyl (C=O) groups excluding carboxylic acids is 2. The lowest BCUT2D eigenvalue weighted by Gasteiger charge is -2.03. The molecule has 0 amide bonds. The number of rotatable bonds is 4. The molecule has 0 fully saturated rings. The van der Waals surface area contributed by atoms with Gasteiger partial charge in [0, 0.05) is 0 Å². The van der Waals surface area contributed by atoms with Gasteiger partial charge in [0.1, 0.15) is 5.75 Å². The lowest BCUT2D eigenvalue weighted by molar-refractivity contribution is -0.297. The topological polar surface area (TPSA) is 75.7 Å². The third-order valence-electron chi connectivity index (χ3n) is 1.76. The van der Waals surface area contributed by atoms with Crippen molar-refractivity contribution in [1.82, 2.24) is 0 Å². The van der Waals surface area contributed by atoms with Crippen molar-refractivity contribution in [3.8, 4) is 5.75 Å². The highest BCUT2D eigenvalue weighted by molar-refractivity contribution is 5.83. The van der Waals surface area contributed by atoms with Gasteiger partial charge >= 0.3 is 6.16 Å². The second-order valence-electron chi connectivity index (χ2n) is 3.01. The number of ether oxygens (including phenoxy) is 2. The van der Waals surface area contributed by atoms with Gasteiger partial charge < -0.3 is 19.4 Å². The Kier molecular flexibility index (Phi) is 4.75. The molecule has 1 aromatic carbocycles. The molecular weight excluding hydrogens is 224 g/mol. The maximum absolute atomic E-state index is 11.0. The van der Waals surface area contributed by atoms with Crippen LogP contribution in [0.5, 0.6) is 5.75 Å². The molecule has 0 radical (unpaired) electrons.